The number of nitrogens with zero attached hydrogens (tertiary/aromatic N) is 1. The number of anilines is 1. The molecule has 4 aromatic rings. The van der Waals surface area contributed by atoms with Gasteiger partial charge in [0.1, 0.15) is 24.2 Å². The summed E-state index contributed by atoms with van der Waals surface area (Å²) >= 11 is 0. The third-order valence-electron chi connectivity index (χ3n) is 7.95. The van der Waals surface area contributed by atoms with E-state index in [0.29, 0.717) is 12.1 Å². The molecule has 9 nitrogen and oxygen atoms in total. The maximum atomic E-state index is 14.3. The number of methoxy groups -OCH3 is 1. The van der Waals surface area contributed by atoms with Crippen LogP contribution in [0, 0.1) is 5.82 Å². The third kappa shape index (κ3) is 6.24. The van der Waals surface area contributed by atoms with Gasteiger partial charge in [0.2, 0.25) is 0 Å². The monoisotopic (exact) mass is 574 g/mol. The Morgan fingerprint density at radius 2 is 1.79 bits per heavy atom. The number of benzene rings is 3. The minimum absolute atomic E-state index is 0.179. The number of halogens is 1. The van der Waals surface area contributed by atoms with Crippen LogP contribution in [0.1, 0.15) is 35.3 Å². The number of ether oxygens (including phenoxy) is 1. The average molecular weight is 575 g/mol. The third-order valence-corrected chi connectivity index (χ3v) is 7.95. The van der Waals surface area contributed by atoms with Gasteiger partial charge in [-0.2, -0.15) is 0 Å². The molecule has 0 radical (unpaired) electrons. The molecule has 0 spiro atoms. The van der Waals surface area contributed by atoms with Crippen molar-refractivity contribution in [3.63, 3.8) is 0 Å². The van der Waals surface area contributed by atoms with E-state index in [9.17, 15) is 14.3 Å². The SMILES string of the molecule is CC(=O)[O-].COc1ccc(C2NC(C(=O)O)Cc3c2[nH]c2ccccc32)cc1C[NH+]1CCN(c2ccccc2F)CC1. The number of H-pyrrole nitrogens is 1. The van der Waals surface area contributed by atoms with E-state index in [2.05, 4.69) is 27.3 Å². The molecule has 3 aromatic carbocycles. The zero-order valence-corrected chi connectivity index (χ0v) is 23.7. The Morgan fingerprint density at radius 1 is 1.10 bits per heavy atom. The summed E-state index contributed by atoms with van der Waals surface area (Å²) < 4.78 is 20.0. The van der Waals surface area contributed by atoms with Crippen molar-refractivity contribution in [2.45, 2.75) is 32.0 Å². The molecule has 6 rings (SSSR count). The first kappa shape index (κ1) is 29.1. The van der Waals surface area contributed by atoms with Crippen LogP contribution in [0.2, 0.25) is 0 Å². The van der Waals surface area contributed by atoms with Crippen LogP contribution in [-0.4, -0.2) is 61.4 Å². The Labute approximate surface area is 243 Å². The summed E-state index contributed by atoms with van der Waals surface area (Å²) in [6.07, 6.45) is 0.435. The van der Waals surface area contributed by atoms with Crippen LogP contribution in [0.5, 0.6) is 5.75 Å². The maximum Gasteiger partial charge on any atom is 0.321 e. The lowest BCUT2D eigenvalue weighted by Crippen LogP contribution is -3.13. The smallest absolute Gasteiger partial charge is 0.321 e. The molecule has 1 aromatic heterocycles. The van der Waals surface area contributed by atoms with Crippen LogP contribution in [0.25, 0.3) is 10.9 Å². The van der Waals surface area contributed by atoms with E-state index in [1.807, 2.05) is 42.5 Å². The predicted octanol–water partition coefficient (Wildman–Crippen LogP) is 1.67. The summed E-state index contributed by atoms with van der Waals surface area (Å²) in [4.78, 5) is 28.0. The van der Waals surface area contributed by atoms with Gasteiger partial charge in [-0.15, -0.1) is 0 Å². The first-order chi connectivity index (χ1) is 20.2. The summed E-state index contributed by atoms with van der Waals surface area (Å²) in [5.41, 5.74) is 5.84. The van der Waals surface area contributed by atoms with Gasteiger partial charge in [0.05, 0.1) is 45.0 Å². The van der Waals surface area contributed by atoms with E-state index in [4.69, 9.17) is 14.6 Å². The number of para-hydroxylation sites is 2. The van der Waals surface area contributed by atoms with Crippen LogP contribution in [0.15, 0.2) is 66.7 Å². The number of quaternary nitrogens is 1. The highest BCUT2D eigenvalue weighted by Crippen LogP contribution is 2.36. The molecule has 2 aliphatic heterocycles. The number of hydrogen-bond acceptors (Lipinski definition) is 6. The zero-order valence-electron chi connectivity index (χ0n) is 23.7. The normalized spacial score (nSPS) is 18.6. The Hall–Kier alpha value is -4.41. The number of hydrogen-bond donors (Lipinski definition) is 4. The molecule has 1 saturated heterocycles. The van der Waals surface area contributed by atoms with Gasteiger partial charge >= 0.3 is 5.97 Å². The summed E-state index contributed by atoms with van der Waals surface area (Å²) in [7, 11) is 1.68. The highest BCUT2D eigenvalue weighted by Gasteiger charge is 2.34. The van der Waals surface area contributed by atoms with Crippen molar-refractivity contribution in [1.82, 2.24) is 10.3 Å². The molecule has 42 heavy (non-hydrogen) atoms. The second-order valence-corrected chi connectivity index (χ2v) is 10.7. The number of aromatic amines is 1. The summed E-state index contributed by atoms with van der Waals surface area (Å²) in [6.45, 7) is 5.08. The molecule has 0 saturated carbocycles. The van der Waals surface area contributed by atoms with Gasteiger partial charge in [0.25, 0.3) is 0 Å². The number of carboxylic acid groups (broad SMARTS) is 2. The van der Waals surface area contributed by atoms with Crippen LogP contribution in [-0.2, 0) is 22.6 Å². The Bertz CT molecular complexity index is 1580. The van der Waals surface area contributed by atoms with Gasteiger partial charge in [-0.25, -0.2) is 4.39 Å². The molecule has 2 atom stereocenters. The van der Waals surface area contributed by atoms with Gasteiger partial charge in [-0.05, 0) is 48.4 Å². The molecular formula is C32H35FN4O5. The number of piperazine rings is 1. The highest BCUT2D eigenvalue weighted by atomic mass is 19.1. The zero-order chi connectivity index (χ0) is 29.8. The molecule has 0 amide bonds. The molecule has 2 unspecified atom stereocenters. The molecule has 10 heteroatoms. The van der Waals surface area contributed by atoms with Gasteiger partial charge in [-0.3, -0.25) is 10.1 Å². The lowest BCUT2D eigenvalue weighted by molar-refractivity contribution is -0.914. The van der Waals surface area contributed by atoms with E-state index in [-0.39, 0.29) is 11.9 Å². The fourth-order valence-corrected chi connectivity index (χ4v) is 5.99. The molecule has 0 bridgehead atoms. The van der Waals surface area contributed by atoms with E-state index in [1.165, 1.54) is 11.0 Å². The number of carbonyl (C=O) groups is 2. The topological polar surface area (TPSA) is 122 Å². The predicted molar refractivity (Wildman–Crippen MR) is 155 cm³/mol. The van der Waals surface area contributed by atoms with Crippen molar-refractivity contribution in [3.8, 4) is 5.75 Å². The number of carboxylic acids is 2. The van der Waals surface area contributed by atoms with E-state index >= 15 is 0 Å². The number of fused-ring (bicyclic) bond motifs is 3. The summed E-state index contributed by atoms with van der Waals surface area (Å²) in [5.74, 6) is -1.29. The molecule has 2 aliphatic rings. The standard InChI is InChI=1S/C30H31FN4O3.C2H4O2/c1-38-27-11-10-19(16-20(27)18-34-12-14-35(15-13-34)26-9-5-3-7-23(26)31)28-29-22(17-25(33-28)30(36)37)21-6-2-4-8-24(21)32-29;1-2(3)4/h2-11,16,25,28,32-33H,12-15,17-18H2,1H3,(H,36,37);1H3,(H,3,4). The van der Waals surface area contributed by atoms with E-state index < -0.39 is 18.0 Å². The van der Waals surface area contributed by atoms with E-state index in [1.54, 1.807) is 13.2 Å². The fraction of sp³-hybridized carbons (Fsp3) is 0.312. The number of aromatic nitrogens is 1. The average Bonchev–Trinajstić information content (AvgIpc) is 3.36. The maximum absolute atomic E-state index is 14.3. The van der Waals surface area contributed by atoms with Crippen LogP contribution < -0.4 is 25.0 Å². The van der Waals surface area contributed by atoms with Crippen molar-refractivity contribution < 1.29 is 33.8 Å². The van der Waals surface area contributed by atoms with Gasteiger partial charge in [0.15, 0.2) is 0 Å². The second-order valence-electron chi connectivity index (χ2n) is 10.7. The molecule has 3 heterocycles. The number of rotatable bonds is 6. The fourth-order valence-electron chi connectivity index (χ4n) is 5.99. The Morgan fingerprint density at radius 3 is 2.48 bits per heavy atom. The largest absolute Gasteiger partial charge is 0.550 e. The quantitative estimate of drug-likeness (QED) is 0.276. The number of nitrogens with one attached hydrogen (secondary N) is 3. The number of aliphatic carboxylic acids is 2. The lowest BCUT2D eigenvalue weighted by Gasteiger charge is -2.34. The molecule has 0 aliphatic carbocycles. The van der Waals surface area contributed by atoms with E-state index in [0.717, 1.165) is 78.7 Å². The highest BCUT2D eigenvalue weighted by molar-refractivity contribution is 5.87. The van der Waals surface area contributed by atoms with Crippen LogP contribution >= 0.6 is 0 Å². The summed E-state index contributed by atoms with van der Waals surface area (Å²) in [5, 5.41) is 23.2. The van der Waals surface area contributed by atoms with Gasteiger partial charge < -0.3 is 34.5 Å². The number of carbonyl (C=O) groups excluding carboxylic acids is 1. The Kier molecular flexibility index (Phi) is 8.75. The molecule has 1 fully saturated rings. The second kappa shape index (κ2) is 12.6. The van der Waals surface area contributed by atoms with Crippen LogP contribution in [0.3, 0.4) is 0 Å². The minimum atomic E-state index is -1.08. The van der Waals surface area contributed by atoms with Crippen molar-refractivity contribution in [3.05, 3.63) is 94.9 Å². The first-order valence-corrected chi connectivity index (χ1v) is 14.0. The van der Waals surface area contributed by atoms with Gasteiger partial charge in [0, 0.05) is 34.6 Å². The van der Waals surface area contributed by atoms with Gasteiger partial charge in [-0.1, -0.05) is 36.4 Å². The molecule has 4 N–H and O–H groups in total. The molecule has 220 valence electrons. The summed E-state index contributed by atoms with van der Waals surface area (Å²) in [6, 6.07) is 20.2. The molecular weight excluding hydrogens is 539 g/mol. The first-order valence-electron chi connectivity index (χ1n) is 14.0. The van der Waals surface area contributed by atoms with Crippen molar-refractivity contribution >= 4 is 28.5 Å². The minimum Gasteiger partial charge on any atom is -0.550 e. The van der Waals surface area contributed by atoms with Crippen molar-refractivity contribution in [2.24, 2.45) is 0 Å². The Balaban J connectivity index is 0.000000830. The van der Waals surface area contributed by atoms with Crippen molar-refractivity contribution in [2.75, 3.05) is 38.2 Å². The van der Waals surface area contributed by atoms with Crippen LogP contribution in [0.4, 0.5) is 10.1 Å². The van der Waals surface area contributed by atoms with Crippen molar-refractivity contribution in [1.29, 1.82) is 0 Å². The lowest BCUT2D eigenvalue weighted by atomic mass is 9.89.